The fourth-order valence-corrected chi connectivity index (χ4v) is 4.58. The maximum Gasteiger partial charge on any atom is 0.140 e. The van der Waals surface area contributed by atoms with Crippen molar-refractivity contribution in [2.75, 3.05) is 18.6 Å². The molecule has 1 atom stereocenters. The molecule has 2 rings (SSSR count). The summed E-state index contributed by atoms with van der Waals surface area (Å²) in [6.07, 6.45) is 0. The fourth-order valence-electron chi connectivity index (χ4n) is 2.09. The lowest BCUT2D eigenvalue weighted by Gasteiger charge is -2.30. The summed E-state index contributed by atoms with van der Waals surface area (Å²) in [5.41, 5.74) is 2.54. The van der Waals surface area contributed by atoms with Gasteiger partial charge >= 0.3 is 0 Å². The van der Waals surface area contributed by atoms with Crippen LogP contribution in [0.5, 0.6) is 5.75 Å². The molecule has 0 aliphatic carbocycles. The van der Waals surface area contributed by atoms with Crippen LogP contribution in [-0.2, 0) is 0 Å². The number of aryl methyl sites for hydroxylation is 1. The van der Waals surface area contributed by atoms with Gasteiger partial charge in [-0.1, -0.05) is 11.8 Å². The molecule has 0 N–H and O–H groups in total. The van der Waals surface area contributed by atoms with E-state index in [1.54, 1.807) is 7.11 Å². The number of thioether (sulfide) groups is 1. The van der Waals surface area contributed by atoms with Gasteiger partial charge in [0.2, 0.25) is 0 Å². The van der Waals surface area contributed by atoms with E-state index in [0.717, 1.165) is 12.3 Å². The van der Waals surface area contributed by atoms with Crippen LogP contribution in [-0.4, -0.2) is 16.5 Å². The lowest BCUT2D eigenvalue weighted by Crippen LogP contribution is -2.34. The molecule has 0 aromatic heterocycles. The zero-order chi connectivity index (χ0) is 11.9. The minimum Gasteiger partial charge on any atom is -0.496 e. The first-order valence-electron chi connectivity index (χ1n) is 5.33. The number of anilines is 1. The Morgan fingerprint density at radius 1 is 1.50 bits per heavy atom. The van der Waals surface area contributed by atoms with Crippen molar-refractivity contribution in [1.82, 2.24) is 0 Å². The van der Waals surface area contributed by atoms with Crippen molar-refractivity contribution in [2.24, 2.45) is 0 Å². The summed E-state index contributed by atoms with van der Waals surface area (Å²) < 4.78 is 5.49. The quantitative estimate of drug-likeness (QED) is 0.454. The lowest BCUT2D eigenvalue weighted by molar-refractivity contribution is 0.410. The average Bonchev–Trinajstić information content (AvgIpc) is 2.46. The highest BCUT2D eigenvalue weighted by Crippen LogP contribution is 2.54. The van der Waals surface area contributed by atoms with Crippen LogP contribution in [0.15, 0.2) is 17.0 Å². The van der Waals surface area contributed by atoms with E-state index < -0.39 is 0 Å². The molecule has 0 spiro atoms. The monoisotopic (exact) mass is 349 g/mol. The summed E-state index contributed by atoms with van der Waals surface area (Å²) in [5.74, 6) is 0.983. The molecule has 1 aromatic carbocycles. The molecular weight excluding hydrogens is 333 g/mol. The van der Waals surface area contributed by atoms with Crippen LogP contribution >= 0.6 is 34.4 Å². The SMILES string of the molecule is CCN1c2cc(C)c(OC)cc2SC1(C)I. The van der Waals surface area contributed by atoms with Gasteiger partial charge in [0.15, 0.2) is 0 Å². The van der Waals surface area contributed by atoms with Crippen LogP contribution in [0.3, 0.4) is 0 Å². The summed E-state index contributed by atoms with van der Waals surface area (Å²) in [5, 5.41) is 0. The van der Waals surface area contributed by atoms with Crippen molar-refractivity contribution in [3.8, 4) is 5.75 Å². The van der Waals surface area contributed by atoms with E-state index in [4.69, 9.17) is 4.74 Å². The number of nitrogens with zero attached hydrogens (tertiary/aromatic N) is 1. The lowest BCUT2D eigenvalue weighted by atomic mass is 10.2. The normalized spacial score (nSPS) is 23.4. The van der Waals surface area contributed by atoms with E-state index in [-0.39, 0.29) is 2.88 Å². The maximum absolute atomic E-state index is 5.37. The summed E-state index contributed by atoms with van der Waals surface area (Å²) in [6.45, 7) is 7.58. The molecule has 88 valence electrons. The van der Waals surface area contributed by atoms with Crippen LogP contribution in [0.2, 0.25) is 0 Å². The highest BCUT2D eigenvalue weighted by atomic mass is 127. The Labute approximate surface area is 115 Å². The number of hydrogen-bond donors (Lipinski definition) is 0. The van der Waals surface area contributed by atoms with E-state index >= 15 is 0 Å². The van der Waals surface area contributed by atoms with Crippen molar-refractivity contribution >= 4 is 40.0 Å². The minimum absolute atomic E-state index is 0.119. The Hall–Kier alpha value is -0.100. The zero-order valence-electron chi connectivity index (χ0n) is 10.0. The molecule has 16 heavy (non-hydrogen) atoms. The number of fused-ring (bicyclic) bond motifs is 1. The third-order valence-corrected chi connectivity index (χ3v) is 5.24. The van der Waals surface area contributed by atoms with Crippen molar-refractivity contribution in [3.63, 3.8) is 0 Å². The Morgan fingerprint density at radius 2 is 2.19 bits per heavy atom. The van der Waals surface area contributed by atoms with Gasteiger partial charge in [0, 0.05) is 11.4 Å². The van der Waals surface area contributed by atoms with Crippen LogP contribution in [0.1, 0.15) is 19.4 Å². The van der Waals surface area contributed by atoms with Gasteiger partial charge < -0.3 is 9.64 Å². The largest absolute Gasteiger partial charge is 0.496 e. The van der Waals surface area contributed by atoms with Crippen LogP contribution < -0.4 is 9.64 Å². The second-order valence-electron chi connectivity index (χ2n) is 4.01. The molecule has 0 saturated carbocycles. The van der Waals surface area contributed by atoms with Crippen molar-refractivity contribution in [3.05, 3.63) is 17.7 Å². The zero-order valence-corrected chi connectivity index (χ0v) is 13.0. The fraction of sp³-hybridized carbons (Fsp3) is 0.500. The highest BCUT2D eigenvalue weighted by Gasteiger charge is 2.38. The smallest absolute Gasteiger partial charge is 0.140 e. The van der Waals surface area contributed by atoms with E-state index in [2.05, 4.69) is 60.4 Å². The molecular formula is C12H16INOS. The minimum atomic E-state index is 0.119. The van der Waals surface area contributed by atoms with Gasteiger partial charge in [-0.05, 0) is 61.1 Å². The molecule has 0 radical (unpaired) electrons. The van der Waals surface area contributed by atoms with Gasteiger partial charge in [-0.15, -0.1) is 0 Å². The van der Waals surface area contributed by atoms with Gasteiger partial charge in [0.25, 0.3) is 0 Å². The number of alkyl halides is 1. The third kappa shape index (κ3) is 1.90. The maximum atomic E-state index is 5.37. The predicted molar refractivity (Wildman–Crippen MR) is 79.0 cm³/mol. The number of benzene rings is 1. The molecule has 1 aliphatic rings. The topological polar surface area (TPSA) is 12.5 Å². The van der Waals surface area contributed by atoms with Crippen molar-refractivity contribution < 1.29 is 4.74 Å². The molecule has 1 heterocycles. The molecule has 1 unspecified atom stereocenters. The van der Waals surface area contributed by atoms with Gasteiger partial charge in [-0.2, -0.15) is 0 Å². The first-order valence-corrected chi connectivity index (χ1v) is 7.23. The molecule has 0 fully saturated rings. The van der Waals surface area contributed by atoms with Gasteiger partial charge in [0.05, 0.1) is 12.8 Å². The molecule has 2 nitrogen and oxygen atoms in total. The van der Waals surface area contributed by atoms with E-state index in [9.17, 15) is 0 Å². The highest BCUT2D eigenvalue weighted by molar-refractivity contribution is 14.1. The standard InChI is InChI=1S/C12H16INOS/c1-5-14-9-6-8(2)10(15-4)7-11(9)16-12(14,3)13/h6-7H,5H2,1-4H3. The number of hydrogen-bond acceptors (Lipinski definition) is 3. The summed E-state index contributed by atoms with van der Waals surface area (Å²) in [7, 11) is 1.73. The van der Waals surface area contributed by atoms with E-state index in [1.165, 1.54) is 16.1 Å². The molecule has 0 amide bonds. The average molecular weight is 349 g/mol. The Bertz CT molecular complexity index is 420. The van der Waals surface area contributed by atoms with E-state index in [0.29, 0.717) is 0 Å². The Morgan fingerprint density at radius 3 is 2.75 bits per heavy atom. The van der Waals surface area contributed by atoms with Crippen molar-refractivity contribution in [1.29, 1.82) is 0 Å². The predicted octanol–water partition coefficient (Wildman–Crippen LogP) is 4.04. The van der Waals surface area contributed by atoms with Crippen LogP contribution in [0.4, 0.5) is 5.69 Å². The van der Waals surface area contributed by atoms with Crippen LogP contribution in [0.25, 0.3) is 0 Å². The van der Waals surface area contributed by atoms with Crippen LogP contribution in [0, 0.1) is 6.92 Å². The first kappa shape index (κ1) is 12.4. The Kier molecular flexibility index (Phi) is 3.32. The number of halogens is 1. The third-order valence-electron chi connectivity index (χ3n) is 2.86. The molecule has 0 bridgehead atoms. The summed E-state index contributed by atoms with van der Waals surface area (Å²) in [6, 6.07) is 4.39. The van der Waals surface area contributed by atoms with E-state index in [1.807, 2.05) is 11.8 Å². The molecule has 0 saturated heterocycles. The van der Waals surface area contributed by atoms with Gasteiger partial charge in [-0.25, -0.2) is 0 Å². The van der Waals surface area contributed by atoms with Crippen molar-refractivity contribution in [2.45, 2.75) is 28.5 Å². The number of ether oxygens (including phenoxy) is 1. The van der Waals surface area contributed by atoms with Gasteiger partial charge in [0.1, 0.15) is 8.63 Å². The molecule has 1 aromatic rings. The number of methoxy groups -OCH3 is 1. The first-order chi connectivity index (χ1) is 7.49. The van der Waals surface area contributed by atoms with Gasteiger partial charge in [-0.3, -0.25) is 0 Å². The summed E-state index contributed by atoms with van der Waals surface area (Å²) >= 11 is 4.40. The summed E-state index contributed by atoms with van der Waals surface area (Å²) in [4.78, 5) is 3.75. The Balaban J connectivity index is 2.51. The molecule has 4 heteroatoms. The second kappa shape index (κ2) is 4.29. The number of rotatable bonds is 2. The second-order valence-corrected chi connectivity index (χ2v) is 8.28. The molecule has 1 aliphatic heterocycles.